The largest absolute Gasteiger partial charge is 0.496 e. The van der Waals surface area contributed by atoms with Crippen LogP contribution in [0.5, 0.6) is 5.75 Å². The van der Waals surface area contributed by atoms with E-state index in [1.807, 2.05) is 32.0 Å². The fraction of sp³-hybridized carbons (Fsp3) is 0.538. The van der Waals surface area contributed by atoms with E-state index in [0.717, 1.165) is 16.9 Å². The van der Waals surface area contributed by atoms with Crippen LogP contribution in [-0.2, 0) is 6.42 Å². The van der Waals surface area contributed by atoms with Gasteiger partial charge in [0.1, 0.15) is 5.75 Å². The molecule has 3 heteroatoms. The first kappa shape index (κ1) is 13.0. The van der Waals surface area contributed by atoms with Crippen molar-refractivity contribution in [1.29, 1.82) is 0 Å². The van der Waals surface area contributed by atoms with Crippen LogP contribution in [0.1, 0.15) is 24.5 Å². The van der Waals surface area contributed by atoms with E-state index in [-0.39, 0.29) is 6.04 Å². The van der Waals surface area contributed by atoms with Gasteiger partial charge in [0.25, 0.3) is 0 Å². The van der Waals surface area contributed by atoms with Crippen LogP contribution in [-0.4, -0.2) is 24.4 Å². The van der Waals surface area contributed by atoms with E-state index < -0.39 is 6.10 Å². The highest BCUT2D eigenvalue weighted by molar-refractivity contribution is 5.41. The van der Waals surface area contributed by atoms with Crippen LogP contribution < -0.4 is 10.5 Å². The Labute approximate surface area is 97.2 Å². The summed E-state index contributed by atoms with van der Waals surface area (Å²) < 4.78 is 5.35. The van der Waals surface area contributed by atoms with Gasteiger partial charge in [0.05, 0.1) is 13.2 Å². The molecular formula is C13H21NO2. The molecule has 0 amide bonds. The number of aliphatic hydroxyl groups excluding tert-OH is 1. The number of nitrogens with two attached hydrogens (primary N) is 1. The normalized spacial score (nSPS) is 14.6. The molecule has 16 heavy (non-hydrogen) atoms. The predicted octanol–water partition coefficient (Wildman–Crippen LogP) is 1.64. The topological polar surface area (TPSA) is 55.5 Å². The van der Waals surface area contributed by atoms with E-state index in [1.54, 1.807) is 7.11 Å². The maximum atomic E-state index is 9.65. The van der Waals surface area contributed by atoms with Crippen molar-refractivity contribution < 1.29 is 9.84 Å². The molecule has 1 aromatic carbocycles. The van der Waals surface area contributed by atoms with Crippen LogP contribution in [0.2, 0.25) is 0 Å². The van der Waals surface area contributed by atoms with E-state index in [9.17, 15) is 5.11 Å². The second-order valence-electron chi connectivity index (χ2n) is 4.11. The molecule has 0 aliphatic carbocycles. The lowest BCUT2D eigenvalue weighted by atomic mass is 9.98. The molecule has 0 aromatic heterocycles. The lowest BCUT2D eigenvalue weighted by Crippen LogP contribution is -2.36. The average molecular weight is 223 g/mol. The van der Waals surface area contributed by atoms with E-state index >= 15 is 0 Å². The second kappa shape index (κ2) is 5.87. The molecule has 0 heterocycles. The summed E-state index contributed by atoms with van der Waals surface area (Å²) in [7, 11) is 1.66. The summed E-state index contributed by atoms with van der Waals surface area (Å²) in [6.07, 6.45) is 0.861. The SMILES string of the molecule is CCC(O)C(N)Cc1cccc(C)c1OC. The van der Waals surface area contributed by atoms with Gasteiger partial charge >= 0.3 is 0 Å². The molecule has 3 nitrogen and oxygen atoms in total. The van der Waals surface area contributed by atoms with Crippen molar-refractivity contribution in [2.45, 2.75) is 38.8 Å². The molecule has 1 aromatic rings. The van der Waals surface area contributed by atoms with Crippen molar-refractivity contribution in [2.75, 3.05) is 7.11 Å². The molecule has 0 aliphatic heterocycles. The lowest BCUT2D eigenvalue weighted by Gasteiger charge is -2.19. The fourth-order valence-corrected chi connectivity index (χ4v) is 1.86. The summed E-state index contributed by atoms with van der Waals surface area (Å²) in [6.45, 7) is 3.93. The summed E-state index contributed by atoms with van der Waals surface area (Å²) in [5, 5.41) is 9.65. The molecule has 2 atom stereocenters. The third kappa shape index (κ3) is 2.97. The van der Waals surface area contributed by atoms with E-state index in [0.29, 0.717) is 12.8 Å². The van der Waals surface area contributed by atoms with Gasteiger partial charge in [-0.1, -0.05) is 25.1 Å². The molecule has 90 valence electrons. The highest BCUT2D eigenvalue weighted by atomic mass is 16.5. The number of benzene rings is 1. The fourth-order valence-electron chi connectivity index (χ4n) is 1.86. The predicted molar refractivity (Wildman–Crippen MR) is 65.7 cm³/mol. The highest BCUT2D eigenvalue weighted by Crippen LogP contribution is 2.24. The van der Waals surface area contributed by atoms with Crippen molar-refractivity contribution in [2.24, 2.45) is 5.73 Å². The Balaban J connectivity index is 2.84. The van der Waals surface area contributed by atoms with Gasteiger partial charge < -0.3 is 15.6 Å². The van der Waals surface area contributed by atoms with Crippen molar-refractivity contribution in [1.82, 2.24) is 0 Å². The van der Waals surface area contributed by atoms with Crippen LogP contribution in [0, 0.1) is 6.92 Å². The quantitative estimate of drug-likeness (QED) is 0.798. The zero-order valence-corrected chi connectivity index (χ0v) is 10.2. The van der Waals surface area contributed by atoms with Gasteiger partial charge in [-0.3, -0.25) is 0 Å². The lowest BCUT2D eigenvalue weighted by molar-refractivity contribution is 0.139. The Morgan fingerprint density at radius 2 is 2.12 bits per heavy atom. The molecule has 0 aliphatic rings. The molecule has 0 spiro atoms. The highest BCUT2D eigenvalue weighted by Gasteiger charge is 2.16. The maximum absolute atomic E-state index is 9.65. The molecule has 2 unspecified atom stereocenters. The second-order valence-corrected chi connectivity index (χ2v) is 4.11. The third-order valence-electron chi connectivity index (χ3n) is 2.87. The molecule has 3 N–H and O–H groups in total. The number of ether oxygens (including phenoxy) is 1. The van der Waals surface area contributed by atoms with Crippen LogP contribution in [0.15, 0.2) is 18.2 Å². The van der Waals surface area contributed by atoms with Gasteiger partial charge in [0.2, 0.25) is 0 Å². The summed E-state index contributed by atoms with van der Waals surface area (Å²) in [6, 6.07) is 5.75. The van der Waals surface area contributed by atoms with Crippen LogP contribution >= 0.6 is 0 Å². The minimum absolute atomic E-state index is 0.235. The minimum atomic E-state index is -0.454. The summed E-state index contributed by atoms with van der Waals surface area (Å²) >= 11 is 0. The number of rotatable bonds is 5. The van der Waals surface area contributed by atoms with Gasteiger partial charge in [-0.15, -0.1) is 0 Å². The summed E-state index contributed by atoms with van der Waals surface area (Å²) in [5.74, 6) is 0.876. The number of hydrogen-bond donors (Lipinski definition) is 2. The Bertz CT molecular complexity index is 339. The standard InChI is InChI=1S/C13H21NO2/c1-4-12(15)11(14)8-10-7-5-6-9(2)13(10)16-3/h5-7,11-12,15H,4,8,14H2,1-3H3. The molecule has 0 radical (unpaired) electrons. The average Bonchev–Trinajstić information content (AvgIpc) is 2.28. The Morgan fingerprint density at radius 3 is 2.69 bits per heavy atom. The summed E-state index contributed by atoms with van der Waals surface area (Å²) in [5.41, 5.74) is 8.08. The van der Waals surface area contributed by atoms with Crippen molar-refractivity contribution in [3.63, 3.8) is 0 Å². The van der Waals surface area contributed by atoms with Crippen molar-refractivity contribution >= 4 is 0 Å². The van der Waals surface area contributed by atoms with Gasteiger partial charge in [-0.2, -0.15) is 0 Å². The minimum Gasteiger partial charge on any atom is -0.496 e. The first-order valence-corrected chi connectivity index (χ1v) is 5.66. The van der Waals surface area contributed by atoms with Gasteiger partial charge in [-0.05, 0) is 30.9 Å². The molecule has 0 saturated heterocycles. The number of para-hydroxylation sites is 1. The Hall–Kier alpha value is -1.06. The third-order valence-corrected chi connectivity index (χ3v) is 2.87. The number of aryl methyl sites for hydroxylation is 1. The first-order valence-electron chi connectivity index (χ1n) is 5.66. The number of hydrogen-bond acceptors (Lipinski definition) is 3. The van der Waals surface area contributed by atoms with Crippen molar-refractivity contribution in [3.05, 3.63) is 29.3 Å². The van der Waals surface area contributed by atoms with Crippen LogP contribution in [0.4, 0.5) is 0 Å². The summed E-state index contributed by atoms with van der Waals surface area (Å²) in [4.78, 5) is 0. The smallest absolute Gasteiger partial charge is 0.125 e. The maximum Gasteiger partial charge on any atom is 0.125 e. The molecule has 1 rings (SSSR count). The van der Waals surface area contributed by atoms with E-state index in [1.165, 1.54) is 0 Å². The van der Waals surface area contributed by atoms with Crippen molar-refractivity contribution in [3.8, 4) is 5.75 Å². The number of methoxy groups -OCH3 is 1. The number of aliphatic hydroxyl groups is 1. The zero-order valence-electron chi connectivity index (χ0n) is 10.2. The monoisotopic (exact) mass is 223 g/mol. The molecule has 0 saturated carbocycles. The Kier molecular flexibility index (Phi) is 4.77. The van der Waals surface area contributed by atoms with Gasteiger partial charge in [0, 0.05) is 6.04 Å². The first-order chi connectivity index (χ1) is 7.60. The molecule has 0 bridgehead atoms. The Morgan fingerprint density at radius 1 is 1.44 bits per heavy atom. The van der Waals surface area contributed by atoms with Gasteiger partial charge in [-0.25, -0.2) is 0 Å². The van der Waals surface area contributed by atoms with Crippen LogP contribution in [0.25, 0.3) is 0 Å². The molecular weight excluding hydrogens is 202 g/mol. The van der Waals surface area contributed by atoms with Gasteiger partial charge in [0.15, 0.2) is 0 Å². The zero-order chi connectivity index (χ0) is 12.1. The molecule has 0 fully saturated rings. The van der Waals surface area contributed by atoms with E-state index in [4.69, 9.17) is 10.5 Å². The van der Waals surface area contributed by atoms with E-state index in [2.05, 4.69) is 0 Å². The van der Waals surface area contributed by atoms with Crippen LogP contribution in [0.3, 0.4) is 0 Å².